The Balaban J connectivity index is 2.64. The van der Waals surface area contributed by atoms with Crippen molar-refractivity contribution in [1.82, 2.24) is 5.32 Å². The van der Waals surface area contributed by atoms with Crippen LogP contribution in [0.4, 0.5) is 0 Å². The fourth-order valence-corrected chi connectivity index (χ4v) is 1.55. The first kappa shape index (κ1) is 13.0. The van der Waals surface area contributed by atoms with Gasteiger partial charge >= 0.3 is 0 Å². The van der Waals surface area contributed by atoms with E-state index in [1.54, 1.807) is 14.2 Å². The molecule has 1 aromatic carbocycles. The predicted molar refractivity (Wildman–Crippen MR) is 71.2 cm³/mol. The second-order valence-electron chi connectivity index (χ2n) is 3.15. The van der Waals surface area contributed by atoms with Crippen LogP contribution in [0.2, 0.25) is 0 Å². The molecular formula is C11H14NO2S2-. The fraction of sp³-hybridized carbons (Fsp3) is 0.364. The molecule has 0 saturated carbocycles. The van der Waals surface area contributed by atoms with Gasteiger partial charge in [0.2, 0.25) is 0 Å². The zero-order valence-corrected chi connectivity index (χ0v) is 10.9. The van der Waals surface area contributed by atoms with Crippen LogP contribution >= 0.6 is 12.2 Å². The number of hydrogen-bond donors (Lipinski definition) is 1. The highest BCUT2D eigenvalue weighted by Crippen LogP contribution is 2.27. The lowest BCUT2D eigenvalue weighted by molar-refractivity contribution is 0.354. The first-order valence-corrected chi connectivity index (χ1v) is 5.64. The lowest BCUT2D eigenvalue weighted by Crippen LogP contribution is -2.21. The molecule has 88 valence electrons. The van der Waals surface area contributed by atoms with E-state index >= 15 is 0 Å². The number of methoxy groups -OCH3 is 2. The average Bonchev–Trinajstić information content (AvgIpc) is 2.28. The Bertz CT molecular complexity index is 369. The Morgan fingerprint density at radius 1 is 1.31 bits per heavy atom. The van der Waals surface area contributed by atoms with E-state index in [4.69, 9.17) is 34.3 Å². The molecule has 0 aliphatic carbocycles. The van der Waals surface area contributed by atoms with Crippen LogP contribution in [-0.4, -0.2) is 25.1 Å². The molecule has 0 fully saturated rings. The maximum absolute atomic E-state index is 5.21. The quantitative estimate of drug-likeness (QED) is 0.639. The van der Waals surface area contributed by atoms with Crippen LogP contribution in [0, 0.1) is 0 Å². The first-order valence-electron chi connectivity index (χ1n) is 4.83. The van der Waals surface area contributed by atoms with E-state index in [1.807, 2.05) is 18.2 Å². The van der Waals surface area contributed by atoms with Gasteiger partial charge in [-0.1, -0.05) is 10.4 Å². The van der Waals surface area contributed by atoms with E-state index in [-0.39, 0.29) is 0 Å². The van der Waals surface area contributed by atoms with E-state index in [9.17, 15) is 0 Å². The molecule has 0 bridgehead atoms. The molecule has 16 heavy (non-hydrogen) atoms. The highest BCUT2D eigenvalue weighted by atomic mass is 32.1. The van der Waals surface area contributed by atoms with Crippen LogP contribution in [0.3, 0.4) is 0 Å². The Morgan fingerprint density at radius 2 is 2.00 bits per heavy atom. The summed E-state index contributed by atoms with van der Waals surface area (Å²) in [5, 5.41) is 2.93. The molecule has 1 rings (SSSR count). The van der Waals surface area contributed by atoms with Crippen molar-refractivity contribution >= 4 is 29.2 Å². The molecule has 5 heteroatoms. The Labute approximate surface area is 107 Å². The molecule has 0 aliphatic rings. The van der Waals surface area contributed by atoms with Crippen molar-refractivity contribution in [2.24, 2.45) is 0 Å². The summed E-state index contributed by atoms with van der Waals surface area (Å²) in [6, 6.07) is 5.84. The predicted octanol–water partition coefficient (Wildman–Crippen LogP) is 1.67. The number of rotatable bonds is 5. The molecule has 0 saturated heterocycles. The minimum atomic E-state index is 0.403. The summed E-state index contributed by atoms with van der Waals surface area (Å²) < 4.78 is 10.8. The van der Waals surface area contributed by atoms with Gasteiger partial charge in [-0.3, -0.25) is 0 Å². The van der Waals surface area contributed by atoms with Crippen molar-refractivity contribution in [3.63, 3.8) is 0 Å². The van der Waals surface area contributed by atoms with Crippen LogP contribution in [0.25, 0.3) is 0 Å². The Morgan fingerprint density at radius 3 is 2.56 bits per heavy atom. The summed E-state index contributed by atoms with van der Waals surface area (Å²) >= 11 is 9.52. The van der Waals surface area contributed by atoms with Gasteiger partial charge in [-0.05, 0) is 24.1 Å². The minimum Gasteiger partial charge on any atom is -0.493 e. The molecule has 0 aromatic heterocycles. The normalized spacial score (nSPS) is 9.62. The zero-order valence-electron chi connectivity index (χ0n) is 9.28. The van der Waals surface area contributed by atoms with Gasteiger partial charge in [-0.15, -0.1) is 0 Å². The molecule has 1 N–H and O–H groups in total. The third kappa shape index (κ3) is 3.83. The standard InChI is InChI=1S/C11H15NO2S2/c1-13-9-4-3-8(7-10(9)14-2)5-6-12-11(15)16/h3-4,7H,5-6H2,1-2H3,(H2,12,15,16)/p-1. The van der Waals surface area contributed by atoms with E-state index in [0.717, 1.165) is 30.0 Å². The number of hydrogen-bond acceptors (Lipinski definition) is 4. The van der Waals surface area contributed by atoms with Gasteiger partial charge in [0.25, 0.3) is 0 Å². The van der Waals surface area contributed by atoms with Gasteiger partial charge in [-0.2, -0.15) is 0 Å². The smallest absolute Gasteiger partial charge is 0.160 e. The highest BCUT2D eigenvalue weighted by Gasteiger charge is 2.03. The number of thiocarbonyl (C=S) groups is 1. The average molecular weight is 256 g/mol. The maximum atomic E-state index is 5.21. The van der Waals surface area contributed by atoms with Crippen molar-refractivity contribution in [1.29, 1.82) is 0 Å². The third-order valence-electron chi connectivity index (χ3n) is 2.13. The number of ether oxygens (including phenoxy) is 2. The molecule has 0 spiro atoms. The van der Waals surface area contributed by atoms with Gasteiger partial charge in [0, 0.05) is 6.54 Å². The van der Waals surface area contributed by atoms with Crippen LogP contribution in [-0.2, 0) is 19.0 Å². The maximum Gasteiger partial charge on any atom is 0.160 e. The molecule has 3 nitrogen and oxygen atoms in total. The fourth-order valence-electron chi connectivity index (χ4n) is 1.35. The summed E-state index contributed by atoms with van der Waals surface area (Å²) in [6.45, 7) is 0.734. The van der Waals surface area contributed by atoms with E-state index < -0.39 is 0 Å². The van der Waals surface area contributed by atoms with Crippen molar-refractivity contribution in [3.8, 4) is 11.5 Å². The molecular weight excluding hydrogens is 242 g/mol. The topological polar surface area (TPSA) is 30.5 Å². The van der Waals surface area contributed by atoms with Crippen molar-refractivity contribution in [3.05, 3.63) is 23.8 Å². The highest BCUT2D eigenvalue weighted by molar-refractivity contribution is 8.00. The van der Waals surface area contributed by atoms with Gasteiger partial charge in [-0.25, -0.2) is 0 Å². The minimum absolute atomic E-state index is 0.403. The van der Waals surface area contributed by atoms with Gasteiger partial charge in [0.1, 0.15) is 0 Å². The second-order valence-corrected chi connectivity index (χ2v) is 4.23. The molecule has 0 atom stereocenters. The monoisotopic (exact) mass is 256 g/mol. The summed E-state index contributed by atoms with van der Waals surface area (Å²) in [7, 11) is 3.24. The second kappa shape index (κ2) is 6.50. The lowest BCUT2D eigenvalue weighted by atomic mass is 10.1. The van der Waals surface area contributed by atoms with Crippen LogP contribution < -0.4 is 14.8 Å². The number of benzene rings is 1. The van der Waals surface area contributed by atoms with E-state index in [0.29, 0.717) is 4.32 Å². The Hall–Kier alpha value is -1.07. The van der Waals surface area contributed by atoms with Crippen LogP contribution in [0.15, 0.2) is 18.2 Å². The molecule has 1 aromatic rings. The van der Waals surface area contributed by atoms with Crippen molar-refractivity contribution in [2.45, 2.75) is 6.42 Å². The zero-order chi connectivity index (χ0) is 12.0. The number of nitrogens with one attached hydrogen (secondary N) is 1. The van der Waals surface area contributed by atoms with Gasteiger partial charge in [0.15, 0.2) is 11.5 Å². The SMILES string of the molecule is COc1ccc(CCNC(=S)[S-])cc1OC. The van der Waals surface area contributed by atoms with E-state index in [1.165, 1.54) is 0 Å². The van der Waals surface area contributed by atoms with Gasteiger partial charge in [0.05, 0.1) is 14.2 Å². The summed E-state index contributed by atoms with van der Waals surface area (Å²) in [5.41, 5.74) is 1.15. The summed E-state index contributed by atoms with van der Waals surface area (Å²) in [4.78, 5) is 0. The van der Waals surface area contributed by atoms with Crippen molar-refractivity contribution in [2.75, 3.05) is 20.8 Å². The largest absolute Gasteiger partial charge is 0.493 e. The lowest BCUT2D eigenvalue weighted by Gasteiger charge is -2.11. The first-order chi connectivity index (χ1) is 7.67. The molecule has 0 unspecified atom stereocenters. The van der Waals surface area contributed by atoms with Gasteiger partial charge < -0.3 is 39.6 Å². The van der Waals surface area contributed by atoms with Crippen molar-refractivity contribution < 1.29 is 9.47 Å². The molecule has 0 aliphatic heterocycles. The molecule has 0 amide bonds. The molecule has 0 radical (unpaired) electrons. The van der Waals surface area contributed by atoms with Crippen LogP contribution in [0.5, 0.6) is 11.5 Å². The molecule has 0 heterocycles. The van der Waals surface area contributed by atoms with E-state index in [2.05, 4.69) is 5.32 Å². The summed E-state index contributed by atoms with van der Waals surface area (Å²) in [6.07, 6.45) is 0.844. The Kier molecular flexibility index (Phi) is 5.28. The summed E-state index contributed by atoms with van der Waals surface area (Å²) in [5.74, 6) is 1.47. The third-order valence-corrected chi connectivity index (χ3v) is 2.42. The van der Waals surface area contributed by atoms with Crippen LogP contribution in [0.1, 0.15) is 5.56 Å².